The van der Waals surface area contributed by atoms with E-state index in [1.165, 1.54) is 0 Å². The molecule has 1 aliphatic heterocycles. The summed E-state index contributed by atoms with van der Waals surface area (Å²) in [4.78, 5) is 27.2. The quantitative estimate of drug-likeness (QED) is 0.523. The maximum absolute atomic E-state index is 13.2. The maximum atomic E-state index is 13.2. The fraction of sp³-hybridized carbons (Fsp3) is 0.517. The zero-order valence-corrected chi connectivity index (χ0v) is 21.3. The van der Waals surface area contributed by atoms with Crippen molar-refractivity contribution in [2.75, 3.05) is 25.0 Å². The van der Waals surface area contributed by atoms with Crippen molar-refractivity contribution in [1.82, 2.24) is 4.90 Å². The zero-order valence-electron chi connectivity index (χ0n) is 21.3. The zero-order chi connectivity index (χ0) is 25.2. The van der Waals surface area contributed by atoms with Gasteiger partial charge in [0.2, 0.25) is 5.91 Å². The van der Waals surface area contributed by atoms with Gasteiger partial charge < -0.3 is 20.1 Å². The molecule has 190 valence electrons. The summed E-state index contributed by atoms with van der Waals surface area (Å²) in [5.74, 6) is -0.0505. The fourth-order valence-corrected chi connectivity index (χ4v) is 5.07. The largest absolute Gasteiger partial charge is 0.449 e. The third kappa shape index (κ3) is 7.82. The van der Waals surface area contributed by atoms with Crippen molar-refractivity contribution in [2.24, 2.45) is 11.8 Å². The van der Waals surface area contributed by atoms with E-state index in [9.17, 15) is 14.7 Å². The molecule has 0 aliphatic carbocycles. The molecule has 6 nitrogen and oxygen atoms in total. The van der Waals surface area contributed by atoms with E-state index in [4.69, 9.17) is 4.74 Å². The van der Waals surface area contributed by atoms with Gasteiger partial charge in [0.05, 0.1) is 12.7 Å². The van der Waals surface area contributed by atoms with E-state index in [0.717, 1.165) is 48.1 Å². The molecule has 3 unspecified atom stereocenters. The Hall–Kier alpha value is -2.86. The predicted molar refractivity (Wildman–Crippen MR) is 139 cm³/mol. The van der Waals surface area contributed by atoms with Crippen molar-refractivity contribution in [1.29, 1.82) is 0 Å². The lowest BCUT2D eigenvalue weighted by Crippen LogP contribution is -2.41. The molecule has 1 fully saturated rings. The molecule has 0 spiro atoms. The molecule has 1 heterocycles. The van der Waals surface area contributed by atoms with Crippen LogP contribution >= 0.6 is 0 Å². The molecule has 2 aromatic rings. The third-order valence-electron chi connectivity index (χ3n) is 6.98. The van der Waals surface area contributed by atoms with Crippen molar-refractivity contribution in [3.63, 3.8) is 0 Å². The van der Waals surface area contributed by atoms with Gasteiger partial charge in [-0.3, -0.25) is 4.79 Å². The van der Waals surface area contributed by atoms with E-state index in [0.29, 0.717) is 32.5 Å². The molecule has 0 radical (unpaired) electrons. The number of aliphatic hydroxyl groups is 1. The van der Waals surface area contributed by atoms with Crippen molar-refractivity contribution < 1.29 is 19.4 Å². The SMILES string of the molecule is CCCOC(=O)N1CCCC(C(CC(=O)Nc2c(C)cccc2C)Cc2ccccc2)C(O)CC1. The van der Waals surface area contributed by atoms with Crippen molar-refractivity contribution in [3.8, 4) is 0 Å². The minimum atomic E-state index is -0.585. The predicted octanol–water partition coefficient (Wildman–Crippen LogP) is 5.50. The molecule has 2 amide bonds. The maximum Gasteiger partial charge on any atom is 0.409 e. The number of para-hydroxylation sites is 1. The number of nitrogens with one attached hydrogen (secondary N) is 1. The number of rotatable bonds is 8. The Bertz CT molecular complexity index is 942. The molecule has 2 N–H and O–H groups in total. The van der Waals surface area contributed by atoms with Crippen LogP contribution in [0.3, 0.4) is 0 Å². The van der Waals surface area contributed by atoms with Gasteiger partial charge in [-0.15, -0.1) is 0 Å². The van der Waals surface area contributed by atoms with Gasteiger partial charge in [-0.05, 0) is 74.5 Å². The van der Waals surface area contributed by atoms with Crippen LogP contribution in [0.2, 0.25) is 0 Å². The number of aliphatic hydroxyl groups excluding tert-OH is 1. The van der Waals surface area contributed by atoms with Gasteiger partial charge in [0.15, 0.2) is 0 Å². The second kappa shape index (κ2) is 13.3. The molecule has 3 atom stereocenters. The second-order valence-corrected chi connectivity index (χ2v) is 9.73. The number of likely N-dealkylation sites (tertiary alicyclic amines) is 1. The minimum Gasteiger partial charge on any atom is -0.449 e. The number of hydrogen-bond donors (Lipinski definition) is 2. The van der Waals surface area contributed by atoms with Crippen LogP contribution in [-0.2, 0) is 16.0 Å². The molecule has 0 bridgehead atoms. The van der Waals surface area contributed by atoms with E-state index in [1.54, 1.807) is 4.90 Å². The monoisotopic (exact) mass is 480 g/mol. The average Bonchev–Trinajstić information content (AvgIpc) is 2.83. The Labute approximate surface area is 209 Å². The van der Waals surface area contributed by atoms with Crippen LogP contribution in [0.5, 0.6) is 0 Å². The Morgan fingerprint density at radius 2 is 1.77 bits per heavy atom. The van der Waals surface area contributed by atoms with Crippen molar-refractivity contribution in [3.05, 3.63) is 65.2 Å². The first-order valence-electron chi connectivity index (χ1n) is 12.9. The normalized spacial score (nSPS) is 19.4. The van der Waals surface area contributed by atoms with Crippen molar-refractivity contribution in [2.45, 2.75) is 65.4 Å². The highest BCUT2D eigenvalue weighted by Crippen LogP contribution is 2.32. The topological polar surface area (TPSA) is 78.9 Å². The summed E-state index contributed by atoms with van der Waals surface area (Å²) in [6.07, 6.45) is 2.98. The van der Waals surface area contributed by atoms with E-state index in [1.807, 2.05) is 57.2 Å². The van der Waals surface area contributed by atoms with Crippen LogP contribution in [0.25, 0.3) is 0 Å². The second-order valence-electron chi connectivity index (χ2n) is 9.73. The highest BCUT2D eigenvalue weighted by Gasteiger charge is 2.32. The lowest BCUT2D eigenvalue weighted by molar-refractivity contribution is -0.118. The highest BCUT2D eigenvalue weighted by molar-refractivity contribution is 5.92. The number of benzene rings is 2. The van der Waals surface area contributed by atoms with Gasteiger partial charge in [0.25, 0.3) is 0 Å². The van der Waals surface area contributed by atoms with Gasteiger partial charge in [0.1, 0.15) is 0 Å². The summed E-state index contributed by atoms with van der Waals surface area (Å²) in [6.45, 7) is 7.46. The van der Waals surface area contributed by atoms with Gasteiger partial charge in [0, 0.05) is 25.2 Å². The molecule has 3 rings (SSSR count). The van der Waals surface area contributed by atoms with Crippen LogP contribution in [0.15, 0.2) is 48.5 Å². The number of amides is 2. The summed E-state index contributed by atoms with van der Waals surface area (Å²) < 4.78 is 5.30. The number of hydrogen-bond acceptors (Lipinski definition) is 4. The molecule has 1 aliphatic rings. The Balaban J connectivity index is 1.72. The molecule has 1 saturated heterocycles. The minimum absolute atomic E-state index is 0.00434. The van der Waals surface area contributed by atoms with Gasteiger partial charge in [-0.2, -0.15) is 0 Å². The molecule has 0 saturated carbocycles. The number of carbonyl (C=O) groups excluding carboxylic acids is 2. The number of ether oxygens (including phenoxy) is 1. The first-order valence-corrected chi connectivity index (χ1v) is 12.9. The Morgan fingerprint density at radius 1 is 1.06 bits per heavy atom. The Morgan fingerprint density at radius 3 is 2.46 bits per heavy atom. The fourth-order valence-electron chi connectivity index (χ4n) is 5.07. The average molecular weight is 481 g/mol. The van der Waals surface area contributed by atoms with Crippen LogP contribution < -0.4 is 5.32 Å². The number of carbonyl (C=O) groups is 2. The summed E-state index contributed by atoms with van der Waals surface area (Å²) in [5.41, 5.74) is 4.12. The third-order valence-corrected chi connectivity index (χ3v) is 6.98. The summed E-state index contributed by atoms with van der Waals surface area (Å²) >= 11 is 0. The number of anilines is 1. The van der Waals surface area contributed by atoms with Crippen molar-refractivity contribution >= 4 is 17.7 Å². The molecule has 2 aromatic carbocycles. The molecule has 6 heteroatoms. The standard InChI is InChI=1S/C29H40N2O4/c1-4-18-35-29(34)31-16-9-14-25(26(32)15-17-31)24(19-23-12-6-5-7-13-23)20-27(33)30-28-21(2)10-8-11-22(28)3/h5-8,10-13,24-26,32H,4,9,14-20H2,1-3H3,(H,30,33). The summed E-state index contributed by atoms with van der Waals surface area (Å²) in [6, 6.07) is 16.2. The van der Waals surface area contributed by atoms with Crippen LogP contribution in [-0.4, -0.2) is 47.8 Å². The van der Waals surface area contributed by atoms with Crippen LogP contribution in [0.1, 0.15) is 55.7 Å². The Kier molecular flexibility index (Phi) is 10.2. The van der Waals surface area contributed by atoms with Crippen LogP contribution in [0.4, 0.5) is 10.5 Å². The van der Waals surface area contributed by atoms with Gasteiger partial charge in [-0.1, -0.05) is 55.5 Å². The van der Waals surface area contributed by atoms with Crippen LogP contribution in [0, 0.1) is 25.7 Å². The van der Waals surface area contributed by atoms with E-state index in [-0.39, 0.29) is 23.8 Å². The van der Waals surface area contributed by atoms with E-state index >= 15 is 0 Å². The van der Waals surface area contributed by atoms with Gasteiger partial charge >= 0.3 is 6.09 Å². The molecular formula is C29H40N2O4. The number of aryl methyl sites for hydroxylation is 2. The first-order chi connectivity index (χ1) is 16.9. The number of nitrogens with zero attached hydrogens (tertiary/aromatic N) is 1. The lowest BCUT2D eigenvalue weighted by atomic mass is 9.77. The highest BCUT2D eigenvalue weighted by atomic mass is 16.6. The van der Waals surface area contributed by atoms with E-state index < -0.39 is 6.10 Å². The molecular weight excluding hydrogens is 440 g/mol. The summed E-state index contributed by atoms with van der Waals surface area (Å²) in [7, 11) is 0. The van der Waals surface area contributed by atoms with E-state index in [2.05, 4.69) is 17.4 Å². The molecule has 0 aromatic heterocycles. The lowest BCUT2D eigenvalue weighted by Gasteiger charge is -2.35. The van der Waals surface area contributed by atoms with Gasteiger partial charge in [-0.25, -0.2) is 4.79 Å². The first kappa shape index (κ1) is 26.7. The smallest absolute Gasteiger partial charge is 0.409 e. The summed E-state index contributed by atoms with van der Waals surface area (Å²) in [5, 5.41) is 14.3. The molecule has 35 heavy (non-hydrogen) atoms.